The predicted octanol–water partition coefficient (Wildman–Crippen LogP) is 4.79. The number of likely N-dealkylation sites (tertiary alicyclic amines) is 1. The molecule has 1 atom stereocenters. The molecule has 2 heterocycles. The normalized spacial score (nSPS) is 22.0. The summed E-state index contributed by atoms with van der Waals surface area (Å²) >= 11 is 0. The lowest BCUT2D eigenvalue weighted by atomic mass is 9.88. The molecule has 1 amide bonds. The third kappa shape index (κ3) is 5.49. The molecule has 0 radical (unpaired) electrons. The molecule has 0 saturated carbocycles. The molecule has 0 aromatic rings. The van der Waals surface area contributed by atoms with E-state index in [-0.39, 0.29) is 11.8 Å². The van der Waals surface area contributed by atoms with E-state index in [0.717, 1.165) is 61.5 Å². The van der Waals surface area contributed by atoms with Crippen molar-refractivity contribution in [2.75, 3.05) is 20.1 Å². The van der Waals surface area contributed by atoms with Gasteiger partial charge in [-0.25, -0.2) is 4.99 Å². The average molecular weight is 402 g/mol. The third-order valence-corrected chi connectivity index (χ3v) is 5.52. The maximum atomic E-state index is 12.6. The number of carbonyl (C=O) groups is 1. The van der Waals surface area contributed by atoms with Crippen LogP contribution in [0.1, 0.15) is 32.6 Å². The van der Waals surface area contributed by atoms with Crippen LogP contribution >= 0.6 is 0 Å². The highest BCUT2D eigenvalue weighted by atomic mass is 16.2. The summed E-state index contributed by atoms with van der Waals surface area (Å²) in [6, 6.07) is 0. The van der Waals surface area contributed by atoms with E-state index in [1.165, 1.54) is 5.57 Å². The number of amides is 1. The molecule has 2 aliphatic heterocycles. The Morgan fingerprint density at radius 1 is 1.33 bits per heavy atom. The van der Waals surface area contributed by atoms with E-state index in [1.807, 2.05) is 37.1 Å². The van der Waals surface area contributed by atoms with E-state index in [9.17, 15) is 4.79 Å². The van der Waals surface area contributed by atoms with E-state index in [4.69, 9.17) is 4.99 Å². The van der Waals surface area contributed by atoms with Gasteiger partial charge in [-0.3, -0.25) is 4.79 Å². The molecule has 0 spiro atoms. The minimum Gasteiger partial charge on any atom is -0.376 e. The first-order valence-electron chi connectivity index (χ1n) is 10.7. The monoisotopic (exact) mass is 401 g/mol. The second kappa shape index (κ2) is 10.6. The molecule has 1 fully saturated rings. The van der Waals surface area contributed by atoms with Crippen molar-refractivity contribution in [2.45, 2.75) is 32.6 Å². The summed E-state index contributed by atoms with van der Waals surface area (Å²) in [7, 11) is 1.89. The summed E-state index contributed by atoms with van der Waals surface area (Å²) in [5.41, 5.74) is 6.85. The smallest absolute Gasteiger partial charge is 0.253 e. The van der Waals surface area contributed by atoms with Gasteiger partial charge in [-0.15, -0.1) is 5.73 Å². The molecular formula is C26H31N3O. The van der Waals surface area contributed by atoms with Crippen LogP contribution in [0.2, 0.25) is 0 Å². The van der Waals surface area contributed by atoms with Crippen molar-refractivity contribution >= 4 is 11.7 Å². The predicted molar refractivity (Wildman–Crippen MR) is 125 cm³/mol. The number of hydrogen-bond donors (Lipinski definition) is 1. The van der Waals surface area contributed by atoms with Crippen molar-refractivity contribution in [3.05, 3.63) is 89.4 Å². The van der Waals surface area contributed by atoms with E-state index < -0.39 is 0 Å². The Morgan fingerprint density at radius 3 is 2.77 bits per heavy atom. The van der Waals surface area contributed by atoms with E-state index in [2.05, 4.69) is 54.1 Å². The molecular weight excluding hydrogens is 370 g/mol. The molecule has 1 saturated heterocycles. The maximum Gasteiger partial charge on any atom is 0.253 e. The standard InChI is InChI=1S/C26H31N3O/c1-4-8-20-10-15-24(28-25(18-20)27-3)19-23(9-5-2)21-11-13-22(14-12-21)26(30)29-16-6-7-17-29/h5,8-11,13-15,19,21H,1,6-7,12,16-18H2,2-3H3,(H,27,28)/b9-5-,23-19+. The first-order chi connectivity index (χ1) is 14.6. The molecule has 4 heteroatoms. The minimum absolute atomic E-state index is 0.168. The summed E-state index contributed by atoms with van der Waals surface area (Å²) < 4.78 is 0. The molecule has 1 N–H and O–H groups in total. The van der Waals surface area contributed by atoms with Crippen molar-refractivity contribution in [1.82, 2.24) is 10.2 Å². The fourth-order valence-corrected chi connectivity index (χ4v) is 3.90. The first-order valence-corrected chi connectivity index (χ1v) is 10.7. The molecule has 0 aromatic heterocycles. The van der Waals surface area contributed by atoms with Gasteiger partial charge in [0.05, 0.1) is 5.70 Å². The Labute approximate surface area is 180 Å². The van der Waals surface area contributed by atoms with E-state index in [1.54, 1.807) is 0 Å². The lowest BCUT2D eigenvalue weighted by Gasteiger charge is -2.21. The minimum atomic E-state index is 0.168. The van der Waals surface area contributed by atoms with Crippen molar-refractivity contribution in [2.24, 2.45) is 10.9 Å². The van der Waals surface area contributed by atoms with Gasteiger partial charge in [0.15, 0.2) is 0 Å². The number of carbonyl (C=O) groups excluding carboxylic acids is 1. The SMILES string of the molecule is C=C=CC1=CC=C(/C=C(\C=C/C)C2C=CC(C(=O)N3CCCC3)=CC2)N=C(NC)C1. The van der Waals surface area contributed by atoms with Gasteiger partial charge in [-0.2, -0.15) is 0 Å². The third-order valence-electron chi connectivity index (χ3n) is 5.52. The number of nitrogens with one attached hydrogen (secondary N) is 1. The quantitative estimate of drug-likeness (QED) is 0.532. The van der Waals surface area contributed by atoms with Crippen molar-refractivity contribution < 1.29 is 4.79 Å². The molecule has 4 nitrogen and oxygen atoms in total. The summed E-state index contributed by atoms with van der Waals surface area (Å²) in [4.78, 5) is 19.4. The van der Waals surface area contributed by atoms with Crippen LogP contribution in [0, 0.1) is 5.92 Å². The topological polar surface area (TPSA) is 44.7 Å². The number of nitrogens with zero attached hydrogens (tertiary/aromatic N) is 2. The van der Waals surface area contributed by atoms with Gasteiger partial charge >= 0.3 is 0 Å². The largest absolute Gasteiger partial charge is 0.376 e. The molecule has 1 aliphatic carbocycles. The van der Waals surface area contributed by atoms with Gasteiger partial charge in [0.2, 0.25) is 0 Å². The fourth-order valence-electron chi connectivity index (χ4n) is 3.90. The van der Waals surface area contributed by atoms with Gasteiger partial charge in [0, 0.05) is 38.0 Å². The summed E-state index contributed by atoms with van der Waals surface area (Å²) in [6.07, 6.45) is 22.3. The zero-order valence-corrected chi connectivity index (χ0v) is 18.0. The molecule has 30 heavy (non-hydrogen) atoms. The second-order valence-electron chi connectivity index (χ2n) is 7.67. The van der Waals surface area contributed by atoms with E-state index >= 15 is 0 Å². The van der Waals surface area contributed by atoms with Crippen LogP contribution in [0.15, 0.2) is 94.4 Å². The highest BCUT2D eigenvalue weighted by molar-refractivity contribution is 5.96. The van der Waals surface area contributed by atoms with Crippen LogP contribution in [0.3, 0.4) is 0 Å². The summed E-state index contributed by atoms with van der Waals surface area (Å²) in [5, 5.41) is 3.18. The molecule has 0 aromatic carbocycles. The van der Waals surface area contributed by atoms with Crippen LogP contribution in [-0.4, -0.2) is 36.8 Å². The van der Waals surface area contributed by atoms with Crippen LogP contribution in [0.25, 0.3) is 0 Å². The van der Waals surface area contributed by atoms with Crippen molar-refractivity contribution in [1.29, 1.82) is 0 Å². The average Bonchev–Trinajstić information content (AvgIpc) is 3.23. The van der Waals surface area contributed by atoms with Crippen molar-refractivity contribution in [3.63, 3.8) is 0 Å². The lowest BCUT2D eigenvalue weighted by Crippen LogP contribution is -2.29. The number of aliphatic imine (C=N–C) groups is 1. The molecule has 3 rings (SSSR count). The van der Waals surface area contributed by atoms with Gasteiger partial charge in [-0.05, 0) is 55.6 Å². The second-order valence-corrected chi connectivity index (χ2v) is 7.67. The highest BCUT2D eigenvalue weighted by Crippen LogP contribution is 2.28. The molecule has 0 bridgehead atoms. The summed E-state index contributed by atoms with van der Waals surface area (Å²) in [6.45, 7) is 7.46. The zero-order valence-electron chi connectivity index (χ0n) is 18.0. The van der Waals surface area contributed by atoms with Gasteiger partial charge in [-0.1, -0.05) is 43.0 Å². The number of amidine groups is 1. The molecule has 156 valence electrons. The Hall–Kier alpha value is -3.10. The van der Waals surface area contributed by atoms with Gasteiger partial charge in [0.1, 0.15) is 5.84 Å². The lowest BCUT2D eigenvalue weighted by molar-refractivity contribution is -0.125. The Bertz CT molecular complexity index is 927. The zero-order chi connectivity index (χ0) is 21.3. The number of hydrogen-bond acceptors (Lipinski definition) is 3. The Kier molecular flexibility index (Phi) is 7.64. The van der Waals surface area contributed by atoms with Gasteiger partial charge < -0.3 is 10.2 Å². The highest BCUT2D eigenvalue weighted by Gasteiger charge is 2.22. The van der Waals surface area contributed by atoms with E-state index in [0.29, 0.717) is 0 Å². The summed E-state index contributed by atoms with van der Waals surface area (Å²) in [5.74, 6) is 1.30. The molecule has 3 aliphatic rings. The van der Waals surface area contributed by atoms with Crippen LogP contribution < -0.4 is 5.32 Å². The Morgan fingerprint density at radius 2 is 2.13 bits per heavy atom. The van der Waals surface area contributed by atoms with Crippen LogP contribution in [0.4, 0.5) is 0 Å². The fraction of sp³-hybridized carbons (Fsp3) is 0.346. The maximum absolute atomic E-state index is 12.6. The Balaban J connectivity index is 1.80. The number of rotatable bonds is 5. The first kappa shape index (κ1) is 21.6. The van der Waals surface area contributed by atoms with Crippen LogP contribution in [-0.2, 0) is 4.79 Å². The number of allylic oxidation sites excluding steroid dienone is 9. The molecule has 1 unspecified atom stereocenters. The van der Waals surface area contributed by atoms with Crippen molar-refractivity contribution in [3.8, 4) is 0 Å². The van der Waals surface area contributed by atoms with Crippen LogP contribution in [0.5, 0.6) is 0 Å². The van der Waals surface area contributed by atoms with Gasteiger partial charge in [0.25, 0.3) is 5.91 Å².